The molecule has 0 bridgehead atoms. The molecule has 0 saturated heterocycles. The number of ether oxygens (including phenoxy) is 2. The Morgan fingerprint density at radius 3 is 2.19 bits per heavy atom. The van der Waals surface area contributed by atoms with Gasteiger partial charge in [-0.05, 0) is 55.7 Å². The summed E-state index contributed by atoms with van der Waals surface area (Å²) < 4.78 is 114. The molecule has 7 nitrogen and oxygen atoms in total. The van der Waals surface area contributed by atoms with Gasteiger partial charge in [-0.2, -0.15) is 35.1 Å². The normalized spacial score (nSPS) is 13.0. The van der Waals surface area contributed by atoms with E-state index in [-0.39, 0.29) is 44.8 Å². The van der Waals surface area contributed by atoms with Gasteiger partial charge in [0.2, 0.25) is 0 Å². The number of halogens is 8. The minimum absolute atomic E-state index is 0.0975. The second-order valence-electron chi connectivity index (χ2n) is 9.13. The topological polar surface area (TPSA) is 88.1 Å². The number of hydrogen-bond acceptors (Lipinski definition) is 4. The van der Waals surface area contributed by atoms with Gasteiger partial charge in [0, 0.05) is 31.7 Å². The summed E-state index contributed by atoms with van der Waals surface area (Å²) in [7, 11) is 0. The molecule has 234 valence electrons. The van der Waals surface area contributed by atoms with Crippen LogP contribution in [0, 0.1) is 0 Å². The maximum absolute atomic E-state index is 13.2. The number of nitrogens with zero attached hydrogens (tertiary/aromatic N) is 1. The van der Waals surface area contributed by atoms with Gasteiger partial charge in [0.25, 0.3) is 0 Å². The molecule has 0 radical (unpaired) electrons. The van der Waals surface area contributed by atoms with Crippen LogP contribution < -0.4 is 10.1 Å². The Balaban J connectivity index is 2.03. The average molecular weight is 615 g/mol. The third-order valence-corrected chi connectivity index (χ3v) is 5.93. The van der Waals surface area contributed by atoms with Crippen LogP contribution in [0.3, 0.4) is 0 Å². The zero-order valence-corrected chi connectivity index (χ0v) is 22.4. The van der Waals surface area contributed by atoms with Crippen LogP contribution in [0.5, 0.6) is 5.75 Å². The van der Waals surface area contributed by atoms with Gasteiger partial charge >= 0.3 is 30.3 Å². The summed E-state index contributed by atoms with van der Waals surface area (Å²) in [5.74, 6) is -5.70. The second kappa shape index (κ2) is 15.0. The average Bonchev–Trinajstić information content (AvgIpc) is 2.89. The quantitative estimate of drug-likeness (QED) is 0.166. The van der Waals surface area contributed by atoms with Crippen LogP contribution in [0.2, 0.25) is 0 Å². The van der Waals surface area contributed by atoms with Gasteiger partial charge in [-0.3, -0.25) is 0 Å². The molecule has 2 aromatic rings. The smallest absolute Gasteiger partial charge is 0.453 e. The number of amides is 2. The summed E-state index contributed by atoms with van der Waals surface area (Å²) in [6.07, 6.45) is -13.7. The minimum Gasteiger partial charge on any atom is -0.492 e. The number of anilines is 1. The van der Waals surface area contributed by atoms with Crippen molar-refractivity contribution in [1.82, 2.24) is 4.90 Å². The molecule has 0 spiro atoms. The van der Waals surface area contributed by atoms with Gasteiger partial charge in [-0.1, -0.05) is 18.2 Å². The standard InChI is InChI=1S/C27H30F8N2O5/c1-2-41-22(23(38)39)16-18-8-10-21(11-9-18)42-15-14-37(13-4-3-12-25(28,29)27(33,34)35)24(40)36-20-7-5-6-19(17-20)26(30,31)32/h5-11,17,22H,2-4,12-16H2,1H3,(H,36,40)(H,38,39). The number of aliphatic carboxylic acids is 1. The predicted octanol–water partition coefficient (Wildman–Crippen LogP) is 7.02. The van der Waals surface area contributed by atoms with E-state index < -0.39 is 54.8 Å². The molecule has 0 aromatic heterocycles. The largest absolute Gasteiger partial charge is 0.492 e. The molecule has 0 heterocycles. The van der Waals surface area contributed by atoms with Crippen molar-refractivity contribution < 1.29 is 59.3 Å². The number of unbranched alkanes of at least 4 members (excludes halogenated alkanes) is 1. The van der Waals surface area contributed by atoms with E-state index >= 15 is 0 Å². The second-order valence-corrected chi connectivity index (χ2v) is 9.13. The fourth-order valence-electron chi connectivity index (χ4n) is 3.71. The maximum Gasteiger partial charge on any atom is 0.453 e. The van der Waals surface area contributed by atoms with E-state index in [1.807, 2.05) is 0 Å². The summed E-state index contributed by atoms with van der Waals surface area (Å²) in [5, 5.41) is 11.5. The van der Waals surface area contributed by atoms with Gasteiger partial charge < -0.3 is 24.8 Å². The van der Waals surface area contributed by atoms with Crippen molar-refractivity contribution in [2.24, 2.45) is 0 Å². The number of urea groups is 1. The van der Waals surface area contributed by atoms with Crippen LogP contribution in [-0.2, 0) is 22.1 Å². The first-order valence-corrected chi connectivity index (χ1v) is 12.8. The Morgan fingerprint density at radius 2 is 1.62 bits per heavy atom. The van der Waals surface area contributed by atoms with Gasteiger partial charge in [-0.25, -0.2) is 9.59 Å². The lowest BCUT2D eigenvalue weighted by Gasteiger charge is -2.24. The fraction of sp³-hybridized carbons (Fsp3) is 0.481. The zero-order chi connectivity index (χ0) is 31.6. The number of carboxylic acid groups (broad SMARTS) is 1. The van der Waals surface area contributed by atoms with Crippen LogP contribution in [0.4, 0.5) is 45.6 Å². The number of rotatable bonds is 15. The van der Waals surface area contributed by atoms with E-state index in [2.05, 4.69) is 5.32 Å². The fourth-order valence-corrected chi connectivity index (χ4v) is 3.71. The van der Waals surface area contributed by atoms with E-state index in [1.165, 1.54) is 18.2 Å². The maximum atomic E-state index is 13.2. The molecule has 0 fully saturated rings. The summed E-state index contributed by atoms with van der Waals surface area (Å²) in [5.41, 5.74) is -0.587. The Hall–Kier alpha value is -3.62. The third-order valence-electron chi connectivity index (χ3n) is 5.93. The first-order chi connectivity index (χ1) is 19.5. The van der Waals surface area contributed by atoms with E-state index in [0.29, 0.717) is 17.4 Å². The van der Waals surface area contributed by atoms with E-state index in [1.54, 1.807) is 19.1 Å². The highest BCUT2D eigenvalue weighted by Gasteiger charge is 2.56. The highest BCUT2D eigenvalue weighted by Crippen LogP contribution is 2.39. The molecule has 1 atom stereocenters. The van der Waals surface area contributed by atoms with Crippen molar-refractivity contribution in [3.63, 3.8) is 0 Å². The number of carbonyl (C=O) groups is 2. The molecule has 0 aliphatic rings. The van der Waals surface area contributed by atoms with Crippen molar-refractivity contribution in [2.75, 3.05) is 31.6 Å². The van der Waals surface area contributed by atoms with Crippen molar-refractivity contribution in [3.05, 3.63) is 59.7 Å². The summed E-state index contributed by atoms with van der Waals surface area (Å²) >= 11 is 0. The van der Waals surface area contributed by atoms with Crippen LogP contribution >= 0.6 is 0 Å². The van der Waals surface area contributed by atoms with Crippen molar-refractivity contribution in [2.45, 2.75) is 57.0 Å². The molecule has 0 saturated carbocycles. The third kappa shape index (κ3) is 11.0. The monoisotopic (exact) mass is 614 g/mol. The summed E-state index contributed by atoms with van der Waals surface area (Å²) in [4.78, 5) is 25.1. The Labute approximate surface area is 236 Å². The van der Waals surface area contributed by atoms with Gasteiger partial charge in [0.1, 0.15) is 12.4 Å². The zero-order valence-electron chi connectivity index (χ0n) is 22.4. The summed E-state index contributed by atoms with van der Waals surface area (Å²) in [6.45, 7) is 1.24. The Morgan fingerprint density at radius 1 is 0.952 bits per heavy atom. The van der Waals surface area contributed by atoms with E-state index in [9.17, 15) is 49.8 Å². The number of nitrogens with one attached hydrogen (secondary N) is 1. The predicted molar refractivity (Wildman–Crippen MR) is 136 cm³/mol. The molecule has 0 aliphatic carbocycles. The van der Waals surface area contributed by atoms with E-state index in [0.717, 1.165) is 17.0 Å². The van der Waals surface area contributed by atoms with Crippen molar-refractivity contribution in [3.8, 4) is 5.75 Å². The first-order valence-electron chi connectivity index (χ1n) is 12.8. The minimum atomic E-state index is -5.71. The van der Waals surface area contributed by atoms with Gasteiger partial charge in [0.05, 0.1) is 12.1 Å². The number of alkyl halides is 8. The molecule has 0 aliphatic heterocycles. The molecule has 2 N–H and O–H groups in total. The lowest BCUT2D eigenvalue weighted by atomic mass is 10.1. The van der Waals surface area contributed by atoms with Crippen molar-refractivity contribution in [1.29, 1.82) is 0 Å². The van der Waals surface area contributed by atoms with Crippen LogP contribution in [0.15, 0.2) is 48.5 Å². The van der Waals surface area contributed by atoms with E-state index in [4.69, 9.17) is 9.47 Å². The van der Waals surface area contributed by atoms with Crippen molar-refractivity contribution >= 4 is 17.7 Å². The Bertz CT molecular complexity index is 1160. The number of carbonyl (C=O) groups excluding carboxylic acids is 1. The molecule has 42 heavy (non-hydrogen) atoms. The molecular weight excluding hydrogens is 584 g/mol. The molecule has 2 rings (SSSR count). The molecular formula is C27H30F8N2O5. The number of benzene rings is 2. The first kappa shape index (κ1) is 34.6. The number of hydrogen-bond donors (Lipinski definition) is 2. The number of carboxylic acids is 1. The highest BCUT2D eigenvalue weighted by atomic mass is 19.4. The van der Waals surface area contributed by atoms with Crippen LogP contribution in [0.25, 0.3) is 0 Å². The SMILES string of the molecule is CCOC(Cc1ccc(OCCN(CCCCC(F)(F)C(F)(F)F)C(=O)Nc2cccc(C(F)(F)F)c2)cc1)C(=O)O. The van der Waals surface area contributed by atoms with Crippen LogP contribution in [-0.4, -0.2) is 66.5 Å². The lowest BCUT2D eigenvalue weighted by Crippen LogP contribution is -2.39. The molecule has 1 unspecified atom stereocenters. The van der Waals surface area contributed by atoms with Crippen LogP contribution in [0.1, 0.15) is 37.3 Å². The molecule has 15 heteroatoms. The highest BCUT2D eigenvalue weighted by molar-refractivity contribution is 5.89. The van der Waals surface area contributed by atoms with Gasteiger partial charge in [-0.15, -0.1) is 0 Å². The van der Waals surface area contributed by atoms with Gasteiger partial charge in [0.15, 0.2) is 6.10 Å². The lowest BCUT2D eigenvalue weighted by molar-refractivity contribution is -0.284. The molecule has 2 amide bonds. The molecule has 2 aromatic carbocycles. The summed E-state index contributed by atoms with van der Waals surface area (Å²) in [6, 6.07) is 9.12. The Kier molecular flexibility index (Phi) is 12.4.